The summed E-state index contributed by atoms with van der Waals surface area (Å²) in [7, 11) is 0. The molecule has 7 nitrogen and oxygen atoms in total. The predicted octanol–water partition coefficient (Wildman–Crippen LogP) is 5.25. The smallest absolute Gasteiger partial charge is 0.414 e. The fourth-order valence-corrected chi connectivity index (χ4v) is 5.83. The number of phenolic OH excluding ortho intramolecular Hbond substituents is 1. The van der Waals surface area contributed by atoms with E-state index in [1.54, 1.807) is 6.07 Å². The molecule has 3 aliphatic rings. The second kappa shape index (κ2) is 10.1. The van der Waals surface area contributed by atoms with Crippen molar-refractivity contribution < 1.29 is 19.4 Å². The topological polar surface area (TPSA) is 82.1 Å². The van der Waals surface area contributed by atoms with Gasteiger partial charge in [-0.3, -0.25) is 14.6 Å². The molecule has 192 valence electrons. The number of hydrogen-bond donors (Lipinski definition) is 2. The molecule has 1 saturated heterocycles. The van der Waals surface area contributed by atoms with E-state index in [-0.39, 0.29) is 42.7 Å². The lowest BCUT2D eigenvalue weighted by atomic mass is 9.99. The number of rotatable bonds is 4. The van der Waals surface area contributed by atoms with Crippen molar-refractivity contribution in [2.75, 3.05) is 29.9 Å². The van der Waals surface area contributed by atoms with Gasteiger partial charge in [-0.05, 0) is 48.1 Å². The third-order valence-corrected chi connectivity index (χ3v) is 7.58. The Morgan fingerprint density at radius 1 is 1.05 bits per heavy atom. The van der Waals surface area contributed by atoms with Gasteiger partial charge in [-0.2, -0.15) is 0 Å². The van der Waals surface area contributed by atoms with Crippen molar-refractivity contribution in [3.8, 4) is 16.9 Å². The molecule has 2 N–H and O–H groups in total. The highest BCUT2D eigenvalue weighted by atomic mass is 35.5. The summed E-state index contributed by atoms with van der Waals surface area (Å²) in [5.41, 5.74) is 7.87. The zero-order chi connectivity index (χ0) is 24.8. The third-order valence-electron chi connectivity index (χ3n) is 7.58. The zero-order valence-electron chi connectivity index (χ0n) is 20.7. The van der Waals surface area contributed by atoms with Crippen LogP contribution in [0.4, 0.5) is 16.2 Å². The molecular weight excluding hydrogens is 490 g/mol. The Hall–Kier alpha value is -3.55. The molecule has 8 heteroatoms. The van der Waals surface area contributed by atoms with Gasteiger partial charge in [0, 0.05) is 48.4 Å². The quantitative estimate of drug-likeness (QED) is 0.384. The first kappa shape index (κ1) is 25.1. The van der Waals surface area contributed by atoms with Gasteiger partial charge >= 0.3 is 6.09 Å². The van der Waals surface area contributed by atoms with Gasteiger partial charge in [-0.1, -0.05) is 42.5 Å². The Morgan fingerprint density at radius 3 is 2.62 bits per heavy atom. The number of likely N-dealkylation sites (tertiary alicyclic amines) is 1. The standard InChI is InChI=1S/C29H29N3O4.ClH/c1-18-5-4-7-20-17-36-29(35)32(28(18)20)22-9-11-31(12-10-22)16-27(34)30-21-14-24-23-8-3-2-6-19(23)13-25(24)26(33)15-21;/h2-8,14-15,22,33H,9-13,16-17H2,1H3,(H,30,34);1H. The summed E-state index contributed by atoms with van der Waals surface area (Å²) in [5, 5.41) is 13.5. The number of piperidine rings is 1. The summed E-state index contributed by atoms with van der Waals surface area (Å²) in [5.74, 6) is 0.0986. The Morgan fingerprint density at radius 2 is 1.81 bits per heavy atom. The van der Waals surface area contributed by atoms with Gasteiger partial charge in [0.1, 0.15) is 12.4 Å². The van der Waals surface area contributed by atoms with Crippen LogP contribution in [-0.2, 0) is 22.6 Å². The monoisotopic (exact) mass is 519 g/mol. The number of anilines is 2. The molecule has 0 saturated carbocycles. The molecule has 2 amide bonds. The average Bonchev–Trinajstić information content (AvgIpc) is 3.24. The van der Waals surface area contributed by atoms with E-state index in [1.165, 1.54) is 5.56 Å². The number of amides is 2. The third kappa shape index (κ3) is 4.65. The van der Waals surface area contributed by atoms with Gasteiger partial charge in [0.2, 0.25) is 5.91 Å². The van der Waals surface area contributed by atoms with Gasteiger partial charge in [0.15, 0.2) is 0 Å². The normalized spacial score (nSPS) is 16.8. The van der Waals surface area contributed by atoms with Gasteiger partial charge in [-0.15, -0.1) is 12.4 Å². The fourth-order valence-electron chi connectivity index (χ4n) is 5.83. The van der Waals surface area contributed by atoms with Crippen molar-refractivity contribution in [1.82, 2.24) is 4.90 Å². The molecule has 0 atom stereocenters. The second-order valence-corrected chi connectivity index (χ2v) is 9.92. The minimum Gasteiger partial charge on any atom is -0.508 e. The van der Waals surface area contributed by atoms with Crippen LogP contribution in [0.15, 0.2) is 54.6 Å². The summed E-state index contributed by atoms with van der Waals surface area (Å²) >= 11 is 0. The van der Waals surface area contributed by atoms with Gasteiger partial charge in [0.05, 0.1) is 12.2 Å². The molecule has 6 rings (SSSR count). The fraction of sp³-hybridized carbons (Fsp3) is 0.310. The summed E-state index contributed by atoms with van der Waals surface area (Å²) in [6, 6.07) is 17.8. The van der Waals surface area contributed by atoms with Crippen LogP contribution in [0.25, 0.3) is 11.1 Å². The molecular formula is C29H30ClN3O4. The number of fused-ring (bicyclic) bond motifs is 4. The highest BCUT2D eigenvalue weighted by Gasteiger charge is 2.35. The van der Waals surface area contributed by atoms with Crippen molar-refractivity contribution in [1.29, 1.82) is 0 Å². The van der Waals surface area contributed by atoms with E-state index in [0.717, 1.165) is 46.3 Å². The van der Waals surface area contributed by atoms with Gasteiger partial charge < -0.3 is 15.2 Å². The summed E-state index contributed by atoms with van der Waals surface area (Å²) in [6.07, 6.45) is 1.96. The van der Waals surface area contributed by atoms with E-state index in [2.05, 4.69) is 16.3 Å². The van der Waals surface area contributed by atoms with Gasteiger partial charge in [0.25, 0.3) is 0 Å². The molecule has 37 heavy (non-hydrogen) atoms. The van der Waals surface area contributed by atoms with Crippen LogP contribution in [0.2, 0.25) is 0 Å². The summed E-state index contributed by atoms with van der Waals surface area (Å²) < 4.78 is 5.44. The number of carbonyl (C=O) groups is 2. The van der Waals surface area contributed by atoms with E-state index in [1.807, 2.05) is 54.3 Å². The number of cyclic esters (lactones) is 1. The van der Waals surface area contributed by atoms with Crippen LogP contribution in [0.5, 0.6) is 5.75 Å². The van der Waals surface area contributed by atoms with Crippen molar-refractivity contribution >= 4 is 35.8 Å². The SMILES string of the molecule is Cc1cccc2c1N(C1CCN(CC(=O)Nc3cc(O)c4c(c3)-c3ccccc3C4)CC1)C(=O)OC2.Cl. The summed E-state index contributed by atoms with van der Waals surface area (Å²) in [6.45, 7) is 4.04. The largest absolute Gasteiger partial charge is 0.508 e. The number of carbonyl (C=O) groups excluding carboxylic acids is 2. The Labute approximate surface area is 222 Å². The van der Waals surface area contributed by atoms with E-state index in [9.17, 15) is 14.7 Å². The first-order chi connectivity index (χ1) is 17.5. The maximum absolute atomic E-state index is 12.9. The number of benzene rings is 3. The molecule has 2 aliphatic heterocycles. The van der Waals surface area contributed by atoms with Crippen LogP contribution < -0.4 is 10.2 Å². The molecule has 0 unspecified atom stereocenters. The van der Waals surface area contributed by atoms with E-state index < -0.39 is 0 Å². The number of nitrogens with one attached hydrogen (secondary N) is 1. The average molecular weight is 520 g/mol. The maximum Gasteiger partial charge on any atom is 0.414 e. The number of aromatic hydroxyl groups is 1. The lowest BCUT2D eigenvalue weighted by Gasteiger charge is -2.40. The highest BCUT2D eigenvalue weighted by molar-refractivity contribution is 5.95. The molecule has 0 radical (unpaired) electrons. The van der Waals surface area contributed by atoms with Crippen LogP contribution in [-0.4, -0.2) is 47.7 Å². The van der Waals surface area contributed by atoms with Crippen molar-refractivity contribution in [2.45, 2.75) is 38.8 Å². The van der Waals surface area contributed by atoms with Crippen LogP contribution in [0.1, 0.15) is 35.1 Å². The van der Waals surface area contributed by atoms with Crippen LogP contribution >= 0.6 is 12.4 Å². The van der Waals surface area contributed by atoms with E-state index >= 15 is 0 Å². The lowest BCUT2D eigenvalue weighted by molar-refractivity contribution is -0.117. The zero-order valence-corrected chi connectivity index (χ0v) is 21.5. The Kier molecular flexibility index (Phi) is 6.84. The molecule has 0 bridgehead atoms. The van der Waals surface area contributed by atoms with Crippen LogP contribution in [0, 0.1) is 6.92 Å². The van der Waals surface area contributed by atoms with E-state index in [4.69, 9.17) is 4.74 Å². The molecule has 1 aliphatic carbocycles. The minimum atomic E-state index is -0.286. The highest BCUT2D eigenvalue weighted by Crippen LogP contribution is 2.42. The number of phenols is 1. The number of aryl methyl sites for hydroxylation is 1. The lowest BCUT2D eigenvalue weighted by Crippen LogP contribution is -2.50. The maximum atomic E-state index is 12.9. The Balaban J connectivity index is 0.00000280. The summed E-state index contributed by atoms with van der Waals surface area (Å²) in [4.78, 5) is 29.5. The molecule has 2 heterocycles. The van der Waals surface area contributed by atoms with Crippen molar-refractivity contribution in [3.63, 3.8) is 0 Å². The molecule has 1 fully saturated rings. The number of ether oxygens (including phenoxy) is 1. The Bertz CT molecular complexity index is 1370. The first-order valence-electron chi connectivity index (χ1n) is 12.5. The minimum absolute atomic E-state index is 0. The number of nitrogens with zero attached hydrogens (tertiary/aromatic N) is 2. The van der Waals surface area contributed by atoms with Gasteiger partial charge in [-0.25, -0.2) is 4.79 Å². The number of hydrogen-bond acceptors (Lipinski definition) is 5. The number of halogens is 1. The molecule has 0 spiro atoms. The predicted molar refractivity (Wildman–Crippen MR) is 146 cm³/mol. The molecule has 3 aromatic carbocycles. The van der Waals surface area contributed by atoms with Crippen LogP contribution in [0.3, 0.4) is 0 Å². The van der Waals surface area contributed by atoms with E-state index in [0.29, 0.717) is 31.8 Å². The molecule has 0 aromatic heterocycles. The number of para-hydroxylation sites is 1. The van der Waals surface area contributed by atoms with Crippen molar-refractivity contribution in [3.05, 3.63) is 76.9 Å². The molecule has 3 aromatic rings. The first-order valence-corrected chi connectivity index (χ1v) is 12.5. The van der Waals surface area contributed by atoms with Crippen molar-refractivity contribution in [2.24, 2.45) is 0 Å². The second-order valence-electron chi connectivity index (χ2n) is 9.92.